The number of hydrogen-bond donors (Lipinski definition) is 2. The summed E-state index contributed by atoms with van der Waals surface area (Å²) in [6.07, 6.45) is 0.552. The molecule has 2 heterocycles. The molecule has 4 rings (SSSR count). The third kappa shape index (κ3) is 6.60. The predicted octanol–water partition coefficient (Wildman–Crippen LogP) is 5.88. The number of ether oxygens (including phenoxy) is 1. The van der Waals surface area contributed by atoms with Gasteiger partial charge >= 0.3 is 8.53 Å². The number of carbonyl (C=O) groups is 1. The van der Waals surface area contributed by atoms with Crippen LogP contribution in [0, 0.1) is 5.92 Å². The van der Waals surface area contributed by atoms with Gasteiger partial charge in [-0.25, -0.2) is 15.1 Å². The van der Waals surface area contributed by atoms with E-state index in [-0.39, 0.29) is 12.0 Å². The molecule has 3 unspecified atom stereocenters. The van der Waals surface area contributed by atoms with Crippen molar-refractivity contribution in [2.45, 2.75) is 53.0 Å². The number of carbonyl (C=O) groups excluding carboxylic acids is 1. The normalized spacial score (nSPS) is 14.2. The lowest BCUT2D eigenvalue weighted by atomic mass is 10.1. The molecule has 9 nitrogen and oxygen atoms in total. The van der Waals surface area contributed by atoms with Crippen LogP contribution in [0.2, 0.25) is 5.02 Å². The predicted molar refractivity (Wildman–Crippen MR) is 152 cm³/mol. The molecule has 11 heteroatoms. The van der Waals surface area contributed by atoms with Crippen molar-refractivity contribution in [1.82, 2.24) is 19.6 Å². The number of rotatable bonds is 13. The maximum atomic E-state index is 11.7. The molecule has 0 aliphatic rings. The monoisotopic (exact) mass is 557 g/mol. The molecular weight excluding hydrogens is 525 g/mol. The highest BCUT2D eigenvalue weighted by molar-refractivity contribution is 7.45. The Morgan fingerprint density at radius 2 is 1.87 bits per heavy atom. The first-order chi connectivity index (χ1) is 18.3. The van der Waals surface area contributed by atoms with Crippen LogP contribution in [0.1, 0.15) is 33.5 Å². The van der Waals surface area contributed by atoms with Gasteiger partial charge in [0.05, 0.1) is 29.7 Å². The largest absolute Gasteiger partial charge is 0.436 e. The number of anilines is 1. The molecule has 0 saturated carbocycles. The molecular formula is C27H33ClN5O4P. The number of benzene rings is 2. The molecule has 2 aromatic carbocycles. The Morgan fingerprint density at radius 3 is 2.55 bits per heavy atom. The van der Waals surface area contributed by atoms with E-state index in [1.807, 2.05) is 52.0 Å². The molecule has 0 aliphatic heterocycles. The Labute approximate surface area is 228 Å². The second-order valence-corrected chi connectivity index (χ2v) is 10.8. The zero-order chi connectivity index (χ0) is 27.2. The average molecular weight is 558 g/mol. The van der Waals surface area contributed by atoms with Crippen LogP contribution in [0.3, 0.4) is 0 Å². The number of nitrogen functional groups attached to an aromatic ring is 1. The van der Waals surface area contributed by atoms with Crippen molar-refractivity contribution in [3.63, 3.8) is 0 Å². The molecule has 0 amide bonds. The van der Waals surface area contributed by atoms with E-state index in [0.29, 0.717) is 41.9 Å². The van der Waals surface area contributed by atoms with Crippen LogP contribution in [0.15, 0.2) is 48.5 Å². The fourth-order valence-corrected chi connectivity index (χ4v) is 5.58. The van der Waals surface area contributed by atoms with Crippen molar-refractivity contribution < 1.29 is 18.6 Å². The van der Waals surface area contributed by atoms with E-state index in [4.69, 9.17) is 36.1 Å². The number of aldehydes is 1. The lowest BCUT2D eigenvalue weighted by molar-refractivity contribution is -0.110. The van der Waals surface area contributed by atoms with Crippen LogP contribution in [0.4, 0.5) is 5.82 Å². The fourth-order valence-electron chi connectivity index (χ4n) is 3.99. The molecule has 0 bridgehead atoms. The number of fused-ring (bicyclic) bond motifs is 3. The smallest absolute Gasteiger partial charge is 0.319 e. The number of aromatic nitrogens is 3. The second kappa shape index (κ2) is 12.8. The molecule has 0 fully saturated rings. The van der Waals surface area contributed by atoms with Gasteiger partial charge in [0, 0.05) is 17.0 Å². The number of nitrogens with two attached hydrogens (primary N) is 1. The van der Waals surface area contributed by atoms with Gasteiger partial charge in [0.15, 0.2) is 5.82 Å². The second-order valence-electron chi connectivity index (χ2n) is 9.24. The Bertz CT molecular complexity index is 1380. The minimum Gasteiger partial charge on any atom is -0.436 e. The van der Waals surface area contributed by atoms with Crippen LogP contribution >= 0.6 is 20.1 Å². The first-order valence-corrected chi connectivity index (χ1v) is 14.1. The van der Waals surface area contributed by atoms with E-state index in [1.54, 1.807) is 24.3 Å². The highest BCUT2D eigenvalue weighted by Crippen LogP contribution is 2.39. The summed E-state index contributed by atoms with van der Waals surface area (Å²) < 4.78 is 20.3. The molecule has 0 saturated heterocycles. The Morgan fingerprint density at radius 1 is 1.13 bits per heavy atom. The summed E-state index contributed by atoms with van der Waals surface area (Å²) in [7, 11) is -1.68. The van der Waals surface area contributed by atoms with Gasteiger partial charge in [-0.15, -0.1) is 0 Å². The molecule has 2 aromatic heterocycles. The molecule has 0 aliphatic carbocycles. The van der Waals surface area contributed by atoms with Crippen molar-refractivity contribution >= 4 is 54.2 Å². The number of nitrogens with zero attached hydrogens (tertiary/aromatic N) is 3. The van der Waals surface area contributed by atoms with Gasteiger partial charge in [-0.05, 0) is 50.1 Å². The molecule has 4 aromatic rings. The Balaban J connectivity index is 1.66. The fraction of sp³-hybridized carbons (Fsp3) is 0.370. The number of pyridine rings is 1. The van der Waals surface area contributed by atoms with E-state index in [1.165, 1.54) is 0 Å². The lowest BCUT2D eigenvalue weighted by Gasteiger charge is -2.26. The summed E-state index contributed by atoms with van der Waals surface area (Å²) in [5.74, 6) is 1.74. The van der Waals surface area contributed by atoms with Crippen molar-refractivity contribution in [2.24, 2.45) is 5.92 Å². The summed E-state index contributed by atoms with van der Waals surface area (Å²) in [6.45, 7) is 9.14. The van der Waals surface area contributed by atoms with Gasteiger partial charge in [-0.3, -0.25) is 0 Å². The third-order valence-corrected chi connectivity index (χ3v) is 7.65. The summed E-state index contributed by atoms with van der Waals surface area (Å²) in [4.78, 5) is 21.1. The van der Waals surface area contributed by atoms with Crippen LogP contribution in [0.25, 0.3) is 21.9 Å². The molecule has 3 atom stereocenters. The zero-order valence-corrected chi connectivity index (χ0v) is 23.6. The number of nitrogens with one attached hydrogen (secondary N) is 1. The number of halogens is 1. The molecule has 38 heavy (non-hydrogen) atoms. The Kier molecular flexibility index (Phi) is 9.52. The van der Waals surface area contributed by atoms with Crippen molar-refractivity contribution in [1.29, 1.82) is 0 Å². The van der Waals surface area contributed by atoms with E-state index < -0.39 is 14.6 Å². The first kappa shape index (κ1) is 28.2. The highest BCUT2D eigenvalue weighted by Gasteiger charge is 2.25. The van der Waals surface area contributed by atoms with Crippen molar-refractivity contribution in [3.05, 3.63) is 59.4 Å². The maximum absolute atomic E-state index is 11.7. The van der Waals surface area contributed by atoms with Gasteiger partial charge in [0.2, 0.25) is 0 Å². The molecule has 0 radical (unpaired) electrons. The van der Waals surface area contributed by atoms with Crippen LogP contribution in [-0.2, 0) is 27.2 Å². The van der Waals surface area contributed by atoms with Gasteiger partial charge in [0.25, 0.3) is 0 Å². The number of para-hydroxylation sites is 1. The summed E-state index contributed by atoms with van der Waals surface area (Å²) >= 11 is 6.04. The summed E-state index contributed by atoms with van der Waals surface area (Å²) in [6, 6.07) is 14.4. The summed E-state index contributed by atoms with van der Waals surface area (Å²) in [5, 5.41) is 4.79. The van der Waals surface area contributed by atoms with E-state index in [0.717, 1.165) is 28.5 Å². The first-order valence-electron chi connectivity index (χ1n) is 12.5. The standard InChI is InChI=1S/C27H33ClN5O4P/c1-5-35-16-24-31-25-26(21-8-6-7-9-22(21)30-27(25)29)33(24)14-18(4)36-38(32-23(15-34)17(2)3)37-20-12-10-19(28)11-13-20/h6-13,15,17-18,23,32H,5,14,16H2,1-4H3,(H2,29,30). The van der Waals surface area contributed by atoms with Gasteiger partial charge < -0.3 is 28.9 Å². The van der Waals surface area contributed by atoms with Crippen LogP contribution in [0.5, 0.6) is 5.75 Å². The molecule has 202 valence electrons. The minimum atomic E-state index is -1.68. The highest BCUT2D eigenvalue weighted by atomic mass is 35.5. The third-order valence-electron chi connectivity index (χ3n) is 5.96. The topological polar surface area (TPSA) is 114 Å². The molecule has 3 N–H and O–H groups in total. The maximum Gasteiger partial charge on any atom is 0.319 e. The van der Waals surface area contributed by atoms with Gasteiger partial charge in [-0.2, -0.15) is 0 Å². The molecule has 0 spiro atoms. The van der Waals surface area contributed by atoms with E-state index in [2.05, 4.69) is 14.6 Å². The number of imidazole rings is 1. The average Bonchev–Trinajstić information content (AvgIpc) is 3.25. The number of hydrogen-bond acceptors (Lipinski definition) is 8. The SMILES string of the molecule is CCOCc1nc2c(N)nc3ccccc3c2n1CC(C)OP(NC(C=O)C(C)C)Oc1ccc(Cl)cc1. The lowest BCUT2D eigenvalue weighted by Crippen LogP contribution is -2.34. The van der Waals surface area contributed by atoms with Crippen LogP contribution < -0.4 is 15.3 Å². The quantitative estimate of drug-likeness (QED) is 0.155. The zero-order valence-electron chi connectivity index (χ0n) is 21.9. The van der Waals surface area contributed by atoms with E-state index >= 15 is 0 Å². The van der Waals surface area contributed by atoms with Gasteiger partial charge in [-0.1, -0.05) is 43.6 Å². The van der Waals surface area contributed by atoms with Gasteiger partial charge in [0.1, 0.15) is 30.0 Å². The van der Waals surface area contributed by atoms with E-state index in [9.17, 15) is 4.79 Å². The Hall–Kier alpha value is -2.81. The minimum absolute atomic E-state index is 0.0578. The van der Waals surface area contributed by atoms with Crippen molar-refractivity contribution in [3.8, 4) is 5.75 Å². The van der Waals surface area contributed by atoms with Crippen LogP contribution in [-0.4, -0.2) is 39.6 Å². The summed E-state index contributed by atoms with van der Waals surface area (Å²) in [5.41, 5.74) is 8.61. The van der Waals surface area contributed by atoms with Crippen molar-refractivity contribution in [2.75, 3.05) is 12.3 Å².